The summed E-state index contributed by atoms with van der Waals surface area (Å²) in [5.41, 5.74) is 11.6. The first-order valence-corrected chi connectivity index (χ1v) is 11.5. The van der Waals surface area contributed by atoms with Gasteiger partial charge in [-0.3, -0.25) is 4.79 Å². The van der Waals surface area contributed by atoms with Crippen LogP contribution in [-0.2, 0) is 11.2 Å². The number of carboxylic acid groups (broad SMARTS) is 1. The zero-order valence-electron chi connectivity index (χ0n) is 20.4. The smallest absolute Gasteiger partial charge is 0.337 e. The van der Waals surface area contributed by atoms with Gasteiger partial charge in [-0.2, -0.15) is 15.2 Å². The SMILES string of the molecule is N#Cc1ccc(Oc2nc(Oc3cccc(N=C(N)N)c3)nc3c2NC(=O)C(Cc2cnc[nH]2)O3)cc1C(=O)O. The highest BCUT2D eigenvalue weighted by Gasteiger charge is 2.33. The quantitative estimate of drug-likeness (QED) is 0.159. The number of hydrogen-bond donors (Lipinski definition) is 5. The van der Waals surface area contributed by atoms with E-state index in [1.54, 1.807) is 24.4 Å². The van der Waals surface area contributed by atoms with Crippen molar-refractivity contribution < 1.29 is 28.9 Å². The van der Waals surface area contributed by atoms with Gasteiger partial charge in [-0.25, -0.2) is 14.8 Å². The molecular formula is C25H19N9O6. The summed E-state index contributed by atoms with van der Waals surface area (Å²) in [7, 11) is 0. The van der Waals surface area contributed by atoms with Crippen molar-refractivity contribution in [2.75, 3.05) is 5.32 Å². The fraction of sp³-hybridized carbons (Fsp3) is 0.0800. The number of nitriles is 1. The fourth-order valence-corrected chi connectivity index (χ4v) is 3.68. The number of aromatic nitrogens is 4. The van der Waals surface area contributed by atoms with Crippen molar-refractivity contribution in [2.24, 2.45) is 16.5 Å². The number of carbonyl (C=O) groups excluding carboxylic acids is 1. The summed E-state index contributed by atoms with van der Waals surface area (Å²) in [6, 6.07) is 11.8. The third kappa shape index (κ3) is 5.55. The van der Waals surface area contributed by atoms with E-state index >= 15 is 0 Å². The molecule has 2 aromatic heterocycles. The first-order valence-electron chi connectivity index (χ1n) is 11.5. The molecule has 0 aliphatic carbocycles. The second kappa shape index (κ2) is 10.7. The van der Waals surface area contributed by atoms with E-state index in [4.69, 9.17) is 25.7 Å². The Morgan fingerprint density at radius 3 is 2.73 bits per heavy atom. The lowest BCUT2D eigenvalue weighted by Gasteiger charge is -2.25. The van der Waals surface area contributed by atoms with Crippen LogP contribution in [0.2, 0.25) is 0 Å². The van der Waals surface area contributed by atoms with Gasteiger partial charge >= 0.3 is 12.0 Å². The van der Waals surface area contributed by atoms with Gasteiger partial charge in [0.25, 0.3) is 11.8 Å². The van der Waals surface area contributed by atoms with Crippen LogP contribution in [-0.4, -0.2) is 49.0 Å². The minimum absolute atomic E-state index is 0.00583. The van der Waals surface area contributed by atoms with Gasteiger partial charge in [0.15, 0.2) is 17.8 Å². The van der Waals surface area contributed by atoms with Gasteiger partial charge in [0, 0.05) is 24.4 Å². The molecule has 15 heteroatoms. The maximum absolute atomic E-state index is 12.9. The molecule has 5 rings (SSSR count). The number of H-pyrrole nitrogens is 1. The van der Waals surface area contributed by atoms with Crippen molar-refractivity contribution in [3.05, 3.63) is 71.8 Å². The molecule has 4 aromatic rings. The highest BCUT2D eigenvalue weighted by molar-refractivity contribution is 5.98. The Hall–Kier alpha value is -6.17. The van der Waals surface area contributed by atoms with Crippen molar-refractivity contribution in [1.29, 1.82) is 5.26 Å². The van der Waals surface area contributed by atoms with Crippen LogP contribution in [0.15, 0.2) is 60.0 Å². The molecule has 0 bridgehead atoms. The van der Waals surface area contributed by atoms with Gasteiger partial charge in [-0.1, -0.05) is 6.07 Å². The summed E-state index contributed by atoms with van der Waals surface area (Å²) in [5, 5.41) is 21.4. The van der Waals surface area contributed by atoms with Crippen LogP contribution in [0.1, 0.15) is 21.6 Å². The second-order valence-electron chi connectivity index (χ2n) is 8.23. The molecule has 0 spiro atoms. The minimum atomic E-state index is -1.32. The van der Waals surface area contributed by atoms with Crippen molar-refractivity contribution in [2.45, 2.75) is 12.5 Å². The van der Waals surface area contributed by atoms with E-state index in [9.17, 15) is 20.0 Å². The predicted molar refractivity (Wildman–Crippen MR) is 138 cm³/mol. The number of nitrogens with one attached hydrogen (secondary N) is 2. The van der Waals surface area contributed by atoms with Gasteiger partial charge < -0.3 is 41.1 Å². The van der Waals surface area contributed by atoms with Crippen molar-refractivity contribution in [3.8, 4) is 35.3 Å². The summed E-state index contributed by atoms with van der Waals surface area (Å²) in [5.74, 6) is -1.93. The number of ether oxygens (including phenoxy) is 3. The lowest BCUT2D eigenvalue weighted by Crippen LogP contribution is -2.39. The summed E-state index contributed by atoms with van der Waals surface area (Å²) in [6.45, 7) is 0. The number of aromatic amines is 1. The average molecular weight is 541 g/mol. The molecule has 200 valence electrons. The zero-order chi connectivity index (χ0) is 28.2. The maximum Gasteiger partial charge on any atom is 0.337 e. The highest BCUT2D eigenvalue weighted by Crippen LogP contribution is 2.40. The van der Waals surface area contributed by atoms with Crippen molar-refractivity contribution in [1.82, 2.24) is 19.9 Å². The molecule has 0 radical (unpaired) electrons. The summed E-state index contributed by atoms with van der Waals surface area (Å²) < 4.78 is 17.5. The number of aromatic carboxylic acids is 1. The Labute approximate surface area is 225 Å². The van der Waals surface area contributed by atoms with Crippen LogP contribution in [0.4, 0.5) is 11.4 Å². The zero-order valence-corrected chi connectivity index (χ0v) is 20.4. The number of benzene rings is 2. The highest BCUT2D eigenvalue weighted by atomic mass is 16.5. The summed E-state index contributed by atoms with van der Waals surface area (Å²) in [4.78, 5) is 43.8. The summed E-state index contributed by atoms with van der Waals surface area (Å²) in [6.07, 6.45) is 2.23. The molecule has 1 aliphatic rings. The third-order valence-electron chi connectivity index (χ3n) is 5.42. The maximum atomic E-state index is 12.9. The van der Waals surface area contributed by atoms with Gasteiger partial charge in [0.1, 0.15) is 17.6 Å². The predicted octanol–water partition coefficient (Wildman–Crippen LogP) is 2.20. The lowest BCUT2D eigenvalue weighted by molar-refractivity contribution is -0.123. The van der Waals surface area contributed by atoms with E-state index in [-0.39, 0.29) is 58.5 Å². The topological polar surface area (TPSA) is 237 Å². The Morgan fingerprint density at radius 2 is 2.00 bits per heavy atom. The number of amides is 1. The van der Waals surface area contributed by atoms with E-state index in [0.717, 1.165) is 6.07 Å². The number of anilines is 1. The van der Waals surface area contributed by atoms with Crippen LogP contribution in [0, 0.1) is 11.3 Å². The number of imidazole rings is 1. The lowest BCUT2D eigenvalue weighted by atomic mass is 10.1. The van der Waals surface area contributed by atoms with Crippen LogP contribution < -0.4 is 31.0 Å². The Morgan fingerprint density at radius 1 is 1.18 bits per heavy atom. The number of hydrogen-bond acceptors (Lipinski definition) is 10. The van der Waals surface area contributed by atoms with Gasteiger partial charge in [-0.15, -0.1) is 0 Å². The van der Waals surface area contributed by atoms with Crippen LogP contribution in [0.5, 0.6) is 29.3 Å². The van der Waals surface area contributed by atoms with Crippen LogP contribution in [0.25, 0.3) is 0 Å². The van der Waals surface area contributed by atoms with Crippen molar-refractivity contribution in [3.63, 3.8) is 0 Å². The normalized spacial score (nSPS) is 13.7. The number of carbonyl (C=O) groups is 2. The number of guanidine groups is 1. The Balaban J connectivity index is 1.53. The van der Waals surface area contributed by atoms with Gasteiger partial charge in [-0.05, 0) is 30.3 Å². The molecule has 1 unspecified atom stereocenters. The van der Waals surface area contributed by atoms with Gasteiger partial charge in [0.05, 0.1) is 23.1 Å². The number of carboxylic acids is 1. The van der Waals surface area contributed by atoms with Crippen LogP contribution in [0.3, 0.4) is 0 Å². The molecule has 2 aromatic carbocycles. The number of aliphatic imine (C=N–C) groups is 1. The largest absolute Gasteiger partial charge is 0.478 e. The van der Waals surface area contributed by atoms with Crippen molar-refractivity contribution >= 4 is 29.2 Å². The fourth-order valence-electron chi connectivity index (χ4n) is 3.68. The standard InChI is InChI=1S/C25H19N9O6/c26-9-12-4-5-16(8-17(12)23(36)37)38-21-19-22(40-18(20(35)32-19)7-14-10-29-11-30-14)34-25(33-21)39-15-3-1-2-13(6-15)31-24(27)28/h1-6,8,10-11,18H,7H2,(H,29,30)(H,32,35)(H,36,37)(H4,27,28,31). The third-order valence-corrected chi connectivity index (χ3v) is 5.42. The molecule has 0 saturated carbocycles. The van der Waals surface area contributed by atoms with E-state index in [1.807, 2.05) is 6.07 Å². The van der Waals surface area contributed by atoms with Gasteiger partial charge in [0.2, 0.25) is 5.88 Å². The number of nitrogens with zero attached hydrogens (tertiary/aromatic N) is 5. The number of rotatable bonds is 8. The molecule has 40 heavy (non-hydrogen) atoms. The first kappa shape index (κ1) is 25.5. The Bertz CT molecular complexity index is 1680. The second-order valence-corrected chi connectivity index (χ2v) is 8.23. The molecule has 0 fully saturated rings. The molecule has 3 heterocycles. The van der Waals surface area contributed by atoms with E-state index < -0.39 is 18.0 Å². The molecule has 15 nitrogen and oxygen atoms in total. The van der Waals surface area contributed by atoms with E-state index in [1.165, 1.54) is 24.5 Å². The van der Waals surface area contributed by atoms with E-state index in [2.05, 4.69) is 30.2 Å². The number of nitrogens with two attached hydrogens (primary N) is 2. The monoisotopic (exact) mass is 541 g/mol. The summed E-state index contributed by atoms with van der Waals surface area (Å²) >= 11 is 0. The average Bonchev–Trinajstić information content (AvgIpc) is 3.42. The molecule has 1 amide bonds. The Kier molecular flexibility index (Phi) is 6.80. The molecular weight excluding hydrogens is 522 g/mol. The van der Waals surface area contributed by atoms with Crippen LogP contribution >= 0.6 is 0 Å². The molecule has 1 atom stereocenters. The molecule has 7 N–H and O–H groups in total. The molecule has 0 saturated heterocycles. The minimum Gasteiger partial charge on any atom is -0.478 e. The van der Waals surface area contributed by atoms with E-state index in [0.29, 0.717) is 11.4 Å². The number of fused-ring (bicyclic) bond motifs is 1. The first-order chi connectivity index (χ1) is 19.3. The molecule has 1 aliphatic heterocycles.